The number of esters is 1. The minimum atomic E-state index is -1.00. The number of carboxylic acid groups (broad SMARTS) is 1. The molecule has 0 saturated carbocycles. The van der Waals surface area contributed by atoms with Gasteiger partial charge in [0.1, 0.15) is 11.7 Å². The first-order chi connectivity index (χ1) is 18.9. The van der Waals surface area contributed by atoms with Crippen molar-refractivity contribution in [3.8, 4) is 39.9 Å². The summed E-state index contributed by atoms with van der Waals surface area (Å²) in [4.78, 5) is 26.8. The summed E-state index contributed by atoms with van der Waals surface area (Å²) in [5.74, 6) is 0.814. The Morgan fingerprint density at radius 3 is 2.33 bits per heavy atom. The fourth-order valence-corrected chi connectivity index (χ4v) is 5.92. The molecule has 2 unspecified atom stereocenters. The molecule has 3 heterocycles. The average Bonchev–Trinajstić information content (AvgIpc) is 3.56. The number of rotatable bonds is 6. The zero-order valence-corrected chi connectivity index (χ0v) is 21.9. The normalized spacial score (nSPS) is 19.2. The van der Waals surface area contributed by atoms with Crippen molar-refractivity contribution in [2.45, 2.75) is 18.6 Å². The summed E-state index contributed by atoms with van der Waals surface area (Å²) in [6.07, 6.45) is -0.00184. The number of methoxy groups -OCH3 is 3. The SMILES string of the molecule is COc1ccc2c(c1OC)C(=O)OC2C1c2c(c(-c3ccc(C(=O)O)cc3)c3c(c2OC)OCO3)CCN1C. The largest absolute Gasteiger partial charge is 0.493 e. The van der Waals surface area contributed by atoms with Crippen molar-refractivity contribution < 1.29 is 43.1 Å². The van der Waals surface area contributed by atoms with E-state index in [4.69, 9.17) is 28.4 Å². The maximum Gasteiger partial charge on any atom is 0.343 e. The highest BCUT2D eigenvalue weighted by molar-refractivity contribution is 5.98. The van der Waals surface area contributed by atoms with Gasteiger partial charge in [-0.15, -0.1) is 0 Å². The number of carbonyl (C=O) groups excluding carboxylic acids is 1. The Morgan fingerprint density at radius 2 is 1.67 bits per heavy atom. The van der Waals surface area contributed by atoms with Gasteiger partial charge in [0, 0.05) is 23.2 Å². The van der Waals surface area contributed by atoms with E-state index in [1.165, 1.54) is 14.2 Å². The quantitative estimate of drug-likeness (QED) is 0.462. The smallest absolute Gasteiger partial charge is 0.343 e. The molecule has 6 rings (SSSR count). The summed E-state index contributed by atoms with van der Waals surface area (Å²) in [5.41, 5.74) is 4.61. The highest BCUT2D eigenvalue weighted by Crippen LogP contribution is 2.58. The molecule has 3 aliphatic heterocycles. The molecule has 39 heavy (non-hydrogen) atoms. The lowest BCUT2D eigenvalue weighted by molar-refractivity contribution is 0.00876. The van der Waals surface area contributed by atoms with Crippen LogP contribution in [0.15, 0.2) is 36.4 Å². The van der Waals surface area contributed by atoms with Gasteiger partial charge in [0.15, 0.2) is 23.0 Å². The van der Waals surface area contributed by atoms with E-state index < -0.39 is 24.1 Å². The number of nitrogens with zero attached hydrogens (tertiary/aromatic N) is 1. The number of hydrogen-bond donors (Lipinski definition) is 1. The Hall–Kier alpha value is -4.44. The molecular weight excluding hydrogens is 506 g/mol. The standard InChI is InChI=1S/C29H27NO9/c1-30-12-11-16-19(14-5-7-15(8-6-14)28(31)32)26-27(38-13-37-26)25(36-4)20(16)22(30)23-17-9-10-18(34-2)24(35-3)21(17)29(33)39-23/h5-10,22-23H,11-13H2,1-4H3,(H,31,32). The van der Waals surface area contributed by atoms with Gasteiger partial charge in [-0.1, -0.05) is 18.2 Å². The molecule has 0 aromatic heterocycles. The molecule has 0 amide bonds. The Morgan fingerprint density at radius 1 is 0.949 bits per heavy atom. The number of aromatic carboxylic acids is 1. The number of hydrogen-bond acceptors (Lipinski definition) is 9. The second kappa shape index (κ2) is 9.39. The van der Waals surface area contributed by atoms with Crippen molar-refractivity contribution in [2.24, 2.45) is 0 Å². The Labute approximate surface area is 224 Å². The van der Waals surface area contributed by atoms with Gasteiger partial charge >= 0.3 is 11.9 Å². The van der Waals surface area contributed by atoms with Crippen molar-refractivity contribution in [1.29, 1.82) is 0 Å². The third-order valence-corrected chi connectivity index (χ3v) is 7.64. The van der Waals surface area contributed by atoms with Crippen molar-refractivity contribution in [3.05, 3.63) is 64.2 Å². The Bertz CT molecular complexity index is 1500. The monoisotopic (exact) mass is 533 g/mol. The van der Waals surface area contributed by atoms with E-state index in [1.54, 1.807) is 37.4 Å². The summed E-state index contributed by atoms with van der Waals surface area (Å²) in [5, 5.41) is 9.39. The predicted molar refractivity (Wildman–Crippen MR) is 138 cm³/mol. The molecule has 0 saturated heterocycles. The highest BCUT2D eigenvalue weighted by atomic mass is 16.7. The fraction of sp³-hybridized carbons (Fsp3) is 0.310. The van der Waals surface area contributed by atoms with E-state index >= 15 is 0 Å². The summed E-state index contributed by atoms with van der Waals surface area (Å²) in [6.45, 7) is 0.685. The Balaban J connectivity index is 1.58. The second-order valence-electron chi connectivity index (χ2n) is 9.51. The molecule has 0 spiro atoms. The van der Waals surface area contributed by atoms with Gasteiger partial charge in [-0.25, -0.2) is 9.59 Å². The van der Waals surface area contributed by atoms with E-state index in [1.807, 2.05) is 13.1 Å². The zero-order valence-electron chi connectivity index (χ0n) is 21.9. The lowest BCUT2D eigenvalue weighted by Gasteiger charge is -2.39. The van der Waals surface area contributed by atoms with E-state index in [-0.39, 0.29) is 12.4 Å². The van der Waals surface area contributed by atoms with Crippen LogP contribution in [0.4, 0.5) is 0 Å². The fourth-order valence-electron chi connectivity index (χ4n) is 5.92. The van der Waals surface area contributed by atoms with Crippen LogP contribution in [-0.2, 0) is 11.2 Å². The van der Waals surface area contributed by atoms with Crippen LogP contribution in [0, 0.1) is 0 Å². The van der Waals surface area contributed by atoms with Gasteiger partial charge in [0.25, 0.3) is 0 Å². The molecule has 3 aromatic carbocycles. The molecule has 1 N–H and O–H groups in total. The molecule has 10 heteroatoms. The van der Waals surface area contributed by atoms with Crippen molar-refractivity contribution in [1.82, 2.24) is 4.90 Å². The minimum Gasteiger partial charge on any atom is -0.493 e. The molecule has 202 valence electrons. The molecule has 0 fully saturated rings. The van der Waals surface area contributed by atoms with E-state index in [9.17, 15) is 14.7 Å². The highest BCUT2D eigenvalue weighted by Gasteiger charge is 2.47. The molecule has 3 aliphatic rings. The molecular formula is C29H27NO9. The van der Waals surface area contributed by atoms with Crippen LogP contribution in [0.3, 0.4) is 0 Å². The molecule has 0 radical (unpaired) electrons. The minimum absolute atomic E-state index is 0.0214. The Kier molecular flexibility index (Phi) is 5.99. The van der Waals surface area contributed by atoms with Crippen LogP contribution in [0.2, 0.25) is 0 Å². The molecule has 0 aliphatic carbocycles. The van der Waals surface area contributed by atoms with Gasteiger partial charge in [0.2, 0.25) is 12.5 Å². The molecule has 3 aromatic rings. The van der Waals surface area contributed by atoms with Crippen LogP contribution < -0.4 is 23.7 Å². The topological polar surface area (TPSA) is 113 Å². The van der Waals surface area contributed by atoms with Gasteiger partial charge in [-0.2, -0.15) is 0 Å². The number of carboxylic acids is 1. The average molecular weight is 534 g/mol. The lowest BCUT2D eigenvalue weighted by Crippen LogP contribution is -2.36. The van der Waals surface area contributed by atoms with Gasteiger partial charge in [-0.05, 0) is 42.8 Å². The number of cyclic esters (lactones) is 1. The van der Waals surface area contributed by atoms with E-state index in [2.05, 4.69) is 4.90 Å². The second-order valence-corrected chi connectivity index (χ2v) is 9.51. The maximum atomic E-state index is 13.2. The maximum absolute atomic E-state index is 13.2. The molecule has 2 atom stereocenters. The summed E-state index contributed by atoms with van der Waals surface area (Å²) >= 11 is 0. The van der Waals surface area contributed by atoms with Crippen molar-refractivity contribution in [3.63, 3.8) is 0 Å². The first-order valence-electron chi connectivity index (χ1n) is 12.4. The molecule has 0 bridgehead atoms. The van der Waals surface area contributed by atoms with E-state index in [0.29, 0.717) is 52.8 Å². The van der Waals surface area contributed by atoms with E-state index in [0.717, 1.165) is 22.3 Å². The number of likely N-dealkylation sites (N-methyl/N-ethyl adjacent to an activating group) is 1. The summed E-state index contributed by atoms with van der Waals surface area (Å²) in [6, 6.07) is 9.85. The number of carbonyl (C=O) groups is 2. The summed E-state index contributed by atoms with van der Waals surface area (Å²) < 4.78 is 34.8. The van der Waals surface area contributed by atoms with Crippen molar-refractivity contribution >= 4 is 11.9 Å². The van der Waals surface area contributed by atoms with Crippen LogP contribution in [-0.4, -0.2) is 63.7 Å². The third kappa shape index (κ3) is 3.66. The van der Waals surface area contributed by atoms with Gasteiger partial charge < -0.3 is 33.5 Å². The predicted octanol–water partition coefficient (Wildman–Crippen LogP) is 4.25. The number of benzene rings is 3. The van der Waals surface area contributed by atoms with Crippen LogP contribution in [0.25, 0.3) is 11.1 Å². The van der Waals surface area contributed by atoms with Gasteiger partial charge in [0.05, 0.1) is 32.9 Å². The number of ether oxygens (including phenoxy) is 6. The first kappa shape index (κ1) is 24.9. The lowest BCUT2D eigenvalue weighted by atomic mass is 9.81. The zero-order chi connectivity index (χ0) is 27.4. The third-order valence-electron chi connectivity index (χ3n) is 7.64. The van der Waals surface area contributed by atoms with Crippen LogP contribution in [0.1, 0.15) is 49.6 Å². The first-order valence-corrected chi connectivity index (χ1v) is 12.4. The van der Waals surface area contributed by atoms with Crippen molar-refractivity contribution in [2.75, 3.05) is 41.7 Å². The summed E-state index contributed by atoms with van der Waals surface area (Å²) in [7, 11) is 6.57. The molecule has 10 nitrogen and oxygen atoms in total. The van der Waals surface area contributed by atoms with Gasteiger partial charge in [-0.3, -0.25) is 4.90 Å². The number of fused-ring (bicyclic) bond motifs is 3. The van der Waals surface area contributed by atoms with Crippen LogP contribution in [0.5, 0.6) is 28.7 Å². The van der Waals surface area contributed by atoms with Crippen LogP contribution >= 0.6 is 0 Å².